The fourth-order valence-corrected chi connectivity index (χ4v) is 2.09. The third kappa shape index (κ3) is 3.23. The Morgan fingerprint density at radius 1 is 1.35 bits per heavy atom. The molecule has 1 aliphatic rings. The molecule has 1 N–H and O–H groups in total. The van der Waals surface area contributed by atoms with E-state index in [-0.39, 0.29) is 0 Å². The van der Waals surface area contributed by atoms with E-state index in [9.17, 15) is 8.78 Å². The van der Waals surface area contributed by atoms with E-state index < -0.39 is 11.6 Å². The van der Waals surface area contributed by atoms with E-state index in [0.717, 1.165) is 25.1 Å². The van der Waals surface area contributed by atoms with Crippen molar-refractivity contribution in [1.29, 1.82) is 0 Å². The van der Waals surface area contributed by atoms with Gasteiger partial charge in [-0.2, -0.15) is 0 Å². The average molecular weight is 241 g/mol. The SMILES string of the molecule is COCCNCC1CC1c1ccc(F)c(F)c1. The van der Waals surface area contributed by atoms with Gasteiger partial charge < -0.3 is 10.1 Å². The molecule has 0 spiro atoms. The van der Waals surface area contributed by atoms with Gasteiger partial charge in [0.25, 0.3) is 0 Å². The molecule has 1 aromatic carbocycles. The molecule has 0 saturated heterocycles. The summed E-state index contributed by atoms with van der Waals surface area (Å²) in [6.07, 6.45) is 1.05. The van der Waals surface area contributed by atoms with Crippen molar-refractivity contribution >= 4 is 0 Å². The third-order valence-electron chi connectivity index (χ3n) is 3.18. The summed E-state index contributed by atoms with van der Waals surface area (Å²) in [7, 11) is 1.67. The topological polar surface area (TPSA) is 21.3 Å². The molecule has 0 amide bonds. The number of ether oxygens (including phenoxy) is 1. The minimum atomic E-state index is -0.774. The predicted octanol–water partition coefficient (Wildman–Crippen LogP) is 2.30. The molecule has 0 radical (unpaired) electrons. The van der Waals surface area contributed by atoms with Crippen LogP contribution in [0.1, 0.15) is 17.9 Å². The van der Waals surface area contributed by atoms with Crippen LogP contribution in [0.3, 0.4) is 0 Å². The van der Waals surface area contributed by atoms with Gasteiger partial charge in [0.15, 0.2) is 11.6 Å². The van der Waals surface area contributed by atoms with Gasteiger partial charge in [0.05, 0.1) is 6.61 Å². The van der Waals surface area contributed by atoms with Crippen molar-refractivity contribution in [3.8, 4) is 0 Å². The number of nitrogens with one attached hydrogen (secondary N) is 1. The summed E-state index contributed by atoms with van der Waals surface area (Å²) in [6.45, 7) is 2.44. The molecule has 2 unspecified atom stereocenters. The van der Waals surface area contributed by atoms with Gasteiger partial charge >= 0.3 is 0 Å². The second-order valence-corrected chi connectivity index (χ2v) is 4.47. The Morgan fingerprint density at radius 3 is 2.88 bits per heavy atom. The van der Waals surface area contributed by atoms with Crippen LogP contribution in [0.25, 0.3) is 0 Å². The molecule has 1 saturated carbocycles. The summed E-state index contributed by atoms with van der Waals surface area (Å²) < 4.78 is 30.7. The molecule has 2 nitrogen and oxygen atoms in total. The second kappa shape index (κ2) is 5.56. The highest BCUT2D eigenvalue weighted by Gasteiger charge is 2.37. The van der Waals surface area contributed by atoms with E-state index in [1.165, 1.54) is 12.1 Å². The van der Waals surface area contributed by atoms with Crippen molar-refractivity contribution in [2.75, 3.05) is 26.8 Å². The molecule has 2 rings (SSSR count). The molecule has 0 aromatic heterocycles. The van der Waals surface area contributed by atoms with Crippen LogP contribution in [-0.4, -0.2) is 26.8 Å². The van der Waals surface area contributed by atoms with Crippen LogP contribution in [-0.2, 0) is 4.74 Å². The molecule has 0 aliphatic heterocycles. The van der Waals surface area contributed by atoms with E-state index in [1.54, 1.807) is 13.2 Å². The van der Waals surface area contributed by atoms with E-state index >= 15 is 0 Å². The Balaban J connectivity index is 1.79. The van der Waals surface area contributed by atoms with E-state index in [1.807, 2.05) is 0 Å². The lowest BCUT2D eigenvalue weighted by molar-refractivity contribution is 0.199. The maximum absolute atomic E-state index is 13.0. The van der Waals surface area contributed by atoms with Crippen molar-refractivity contribution in [2.45, 2.75) is 12.3 Å². The van der Waals surface area contributed by atoms with Crippen molar-refractivity contribution in [1.82, 2.24) is 5.32 Å². The number of benzene rings is 1. The van der Waals surface area contributed by atoms with Crippen LogP contribution in [0, 0.1) is 17.6 Å². The first-order chi connectivity index (χ1) is 8.22. The molecule has 0 bridgehead atoms. The highest BCUT2D eigenvalue weighted by atomic mass is 19.2. The highest BCUT2D eigenvalue weighted by molar-refractivity contribution is 5.27. The summed E-state index contributed by atoms with van der Waals surface area (Å²) in [5.74, 6) is -0.610. The zero-order chi connectivity index (χ0) is 12.3. The van der Waals surface area contributed by atoms with E-state index in [4.69, 9.17) is 4.74 Å². The molecule has 17 heavy (non-hydrogen) atoms. The van der Waals surface area contributed by atoms with Crippen molar-refractivity contribution in [2.24, 2.45) is 5.92 Å². The maximum Gasteiger partial charge on any atom is 0.159 e. The fourth-order valence-electron chi connectivity index (χ4n) is 2.09. The summed E-state index contributed by atoms with van der Waals surface area (Å²) >= 11 is 0. The van der Waals surface area contributed by atoms with Gasteiger partial charge in [0, 0.05) is 13.7 Å². The average Bonchev–Trinajstić information content (AvgIpc) is 3.08. The zero-order valence-corrected chi connectivity index (χ0v) is 9.88. The molecule has 1 aromatic rings. The van der Waals surface area contributed by atoms with Crippen molar-refractivity contribution < 1.29 is 13.5 Å². The van der Waals surface area contributed by atoms with Crippen LogP contribution in [0.5, 0.6) is 0 Å². The standard InChI is InChI=1S/C13H17F2NO/c1-17-5-4-16-8-10-6-11(10)9-2-3-12(14)13(15)7-9/h2-3,7,10-11,16H,4-6,8H2,1H3. The fraction of sp³-hybridized carbons (Fsp3) is 0.538. The normalized spacial score (nSPS) is 22.8. The van der Waals surface area contributed by atoms with Gasteiger partial charge in [0.1, 0.15) is 0 Å². The van der Waals surface area contributed by atoms with Crippen LogP contribution in [0.15, 0.2) is 18.2 Å². The number of methoxy groups -OCH3 is 1. The molecule has 1 fully saturated rings. The summed E-state index contributed by atoms with van der Waals surface area (Å²) in [4.78, 5) is 0. The Kier molecular flexibility index (Phi) is 4.07. The third-order valence-corrected chi connectivity index (χ3v) is 3.18. The molecule has 1 aliphatic carbocycles. The molecular formula is C13H17F2NO. The Hall–Kier alpha value is -1.00. The molecular weight excluding hydrogens is 224 g/mol. The molecule has 2 atom stereocenters. The highest BCUT2D eigenvalue weighted by Crippen LogP contribution is 2.47. The number of hydrogen-bond donors (Lipinski definition) is 1. The van der Waals surface area contributed by atoms with Gasteiger partial charge in [-0.25, -0.2) is 8.78 Å². The lowest BCUT2D eigenvalue weighted by Gasteiger charge is -2.04. The Bertz CT molecular complexity index is 384. The summed E-state index contributed by atoms with van der Waals surface area (Å²) in [5, 5.41) is 3.28. The second-order valence-electron chi connectivity index (χ2n) is 4.47. The van der Waals surface area contributed by atoms with Gasteiger partial charge in [-0.15, -0.1) is 0 Å². The quantitative estimate of drug-likeness (QED) is 0.772. The number of halogens is 2. The van der Waals surface area contributed by atoms with Crippen LogP contribution >= 0.6 is 0 Å². The van der Waals surface area contributed by atoms with Gasteiger partial charge in [-0.3, -0.25) is 0 Å². The van der Waals surface area contributed by atoms with E-state index in [0.29, 0.717) is 18.4 Å². The van der Waals surface area contributed by atoms with E-state index in [2.05, 4.69) is 5.32 Å². The van der Waals surface area contributed by atoms with Crippen LogP contribution in [0.4, 0.5) is 8.78 Å². The predicted molar refractivity (Wildman–Crippen MR) is 62.0 cm³/mol. The van der Waals surface area contributed by atoms with Crippen LogP contribution in [0.2, 0.25) is 0 Å². The first kappa shape index (κ1) is 12.5. The first-order valence-corrected chi connectivity index (χ1v) is 5.87. The molecule has 0 heterocycles. The van der Waals surface area contributed by atoms with Crippen molar-refractivity contribution in [3.05, 3.63) is 35.4 Å². The van der Waals surface area contributed by atoms with Gasteiger partial charge in [0.2, 0.25) is 0 Å². The summed E-state index contributed by atoms with van der Waals surface area (Å²) in [5.41, 5.74) is 0.905. The lowest BCUT2D eigenvalue weighted by atomic mass is 10.1. The Labute approximate surface area is 100.0 Å². The van der Waals surface area contributed by atoms with Crippen LogP contribution < -0.4 is 5.32 Å². The molecule has 4 heteroatoms. The Morgan fingerprint density at radius 2 is 2.18 bits per heavy atom. The monoisotopic (exact) mass is 241 g/mol. The largest absolute Gasteiger partial charge is 0.383 e. The number of hydrogen-bond acceptors (Lipinski definition) is 2. The minimum absolute atomic E-state index is 0.375. The van der Waals surface area contributed by atoms with Crippen molar-refractivity contribution in [3.63, 3.8) is 0 Å². The van der Waals surface area contributed by atoms with Gasteiger partial charge in [-0.1, -0.05) is 6.07 Å². The number of rotatable bonds is 6. The minimum Gasteiger partial charge on any atom is -0.383 e. The smallest absolute Gasteiger partial charge is 0.159 e. The zero-order valence-electron chi connectivity index (χ0n) is 9.88. The lowest BCUT2D eigenvalue weighted by Crippen LogP contribution is -2.21. The summed E-state index contributed by atoms with van der Waals surface area (Å²) in [6, 6.07) is 4.20. The maximum atomic E-state index is 13.0. The first-order valence-electron chi connectivity index (χ1n) is 5.87. The molecule has 94 valence electrons. The van der Waals surface area contributed by atoms with Gasteiger partial charge in [-0.05, 0) is 42.5 Å².